The maximum atomic E-state index is 6.33. The molecule has 2 heterocycles. The lowest BCUT2D eigenvalue weighted by Gasteiger charge is -2.38. The molecule has 0 aliphatic carbocycles. The molecule has 0 radical (unpaired) electrons. The van der Waals surface area contributed by atoms with E-state index in [1.165, 1.54) is 0 Å². The van der Waals surface area contributed by atoms with Crippen molar-refractivity contribution < 1.29 is 0 Å². The highest BCUT2D eigenvalue weighted by molar-refractivity contribution is 6.30. The van der Waals surface area contributed by atoms with Gasteiger partial charge in [-0.15, -0.1) is 0 Å². The Hall–Kier alpha value is -0.620. The third-order valence-electron chi connectivity index (χ3n) is 4.01. The highest BCUT2D eigenvalue weighted by Crippen LogP contribution is 2.28. The van der Waals surface area contributed by atoms with Crippen LogP contribution in [0.15, 0.2) is 0 Å². The summed E-state index contributed by atoms with van der Waals surface area (Å²) < 4.78 is 2.11. The van der Waals surface area contributed by atoms with E-state index < -0.39 is 0 Å². The number of nitrogens with zero attached hydrogens (tertiary/aromatic N) is 4. The molecule has 1 saturated heterocycles. The first-order chi connectivity index (χ1) is 9.04. The molecule has 1 aliphatic heterocycles. The fourth-order valence-corrected chi connectivity index (χ4v) is 3.05. The quantitative estimate of drug-likeness (QED) is 0.891. The summed E-state index contributed by atoms with van der Waals surface area (Å²) in [4.78, 5) is 9.25. The number of aromatic nitrogens is 2. The minimum Gasteiger partial charge on any atom is -0.333 e. The fourth-order valence-electron chi connectivity index (χ4n) is 2.67. The van der Waals surface area contributed by atoms with Crippen LogP contribution in [-0.2, 0) is 7.05 Å². The van der Waals surface area contributed by atoms with Crippen molar-refractivity contribution in [3.8, 4) is 0 Å². The predicted molar refractivity (Wildman–Crippen MR) is 78.7 cm³/mol. The van der Waals surface area contributed by atoms with E-state index in [0.29, 0.717) is 5.15 Å². The van der Waals surface area contributed by atoms with Crippen LogP contribution in [0.4, 0.5) is 0 Å². The normalized spacial score (nSPS) is 19.8. The highest BCUT2D eigenvalue weighted by atomic mass is 35.5. The minimum atomic E-state index is 0.289. The van der Waals surface area contributed by atoms with Crippen LogP contribution in [0.2, 0.25) is 5.15 Å². The lowest BCUT2D eigenvalue weighted by atomic mass is 10.1. The SMILES string of the molecule is CNCC(c1c(Cl)nc(C)n1C)N1CCN(C)CC1. The average molecular weight is 286 g/mol. The van der Waals surface area contributed by atoms with Gasteiger partial charge >= 0.3 is 0 Å². The number of piperazine rings is 1. The van der Waals surface area contributed by atoms with Crippen LogP contribution in [0.5, 0.6) is 0 Å². The van der Waals surface area contributed by atoms with Gasteiger partial charge in [-0.3, -0.25) is 4.90 Å². The Bertz CT molecular complexity index is 423. The predicted octanol–water partition coefficient (Wildman–Crippen LogP) is 0.890. The topological polar surface area (TPSA) is 36.3 Å². The third kappa shape index (κ3) is 3.11. The van der Waals surface area contributed by atoms with Crippen molar-refractivity contribution in [3.05, 3.63) is 16.7 Å². The number of nitrogens with one attached hydrogen (secondary N) is 1. The molecule has 6 heteroatoms. The molecule has 0 spiro atoms. The van der Waals surface area contributed by atoms with Gasteiger partial charge in [0.25, 0.3) is 0 Å². The number of aryl methyl sites for hydroxylation is 1. The number of imidazole rings is 1. The second kappa shape index (κ2) is 6.22. The molecule has 1 fully saturated rings. The van der Waals surface area contributed by atoms with Crippen LogP contribution < -0.4 is 5.32 Å². The smallest absolute Gasteiger partial charge is 0.152 e. The molecule has 19 heavy (non-hydrogen) atoms. The molecule has 1 aliphatic rings. The Morgan fingerprint density at radius 3 is 2.37 bits per heavy atom. The minimum absolute atomic E-state index is 0.289. The number of halogens is 1. The Labute approximate surface area is 120 Å². The van der Waals surface area contributed by atoms with Gasteiger partial charge < -0.3 is 14.8 Å². The van der Waals surface area contributed by atoms with Gasteiger partial charge in [-0.2, -0.15) is 0 Å². The molecule has 0 saturated carbocycles. The zero-order valence-corrected chi connectivity index (χ0v) is 13.0. The van der Waals surface area contributed by atoms with E-state index in [9.17, 15) is 0 Å². The van der Waals surface area contributed by atoms with Crippen LogP contribution in [0.3, 0.4) is 0 Å². The molecule has 1 N–H and O–H groups in total. The molecule has 1 unspecified atom stereocenters. The molecule has 0 amide bonds. The lowest BCUT2D eigenvalue weighted by Crippen LogP contribution is -2.48. The second-order valence-electron chi connectivity index (χ2n) is 5.31. The summed E-state index contributed by atoms with van der Waals surface area (Å²) in [7, 11) is 6.20. The van der Waals surface area contributed by atoms with Crippen molar-refractivity contribution in [3.63, 3.8) is 0 Å². The summed E-state index contributed by atoms with van der Waals surface area (Å²) in [6, 6.07) is 0.289. The van der Waals surface area contributed by atoms with Crippen LogP contribution in [0.1, 0.15) is 17.6 Å². The Kier molecular flexibility index (Phi) is 4.84. The molecule has 5 nitrogen and oxygen atoms in total. The molecule has 1 atom stereocenters. The van der Waals surface area contributed by atoms with Gasteiger partial charge in [-0.25, -0.2) is 4.98 Å². The molecule has 108 valence electrons. The zero-order chi connectivity index (χ0) is 14.0. The van der Waals surface area contributed by atoms with Crippen LogP contribution in [0, 0.1) is 6.92 Å². The second-order valence-corrected chi connectivity index (χ2v) is 5.66. The van der Waals surface area contributed by atoms with Crippen LogP contribution in [-0.4, -0.2) is 66.2 Å². The van der Waals surface area contributed by atoms with Crippen molar-refractivity contribution in [1.82, 2.24) is 24.7 Å². The Morgan fingerprint density at radius 2 is 1.89 bits per heavy atom. The maximum Gasteiger partial charge on any atom is 0.152 e. The van der Waals surface area contributed by atoms with Crippen molar-refractivity contribution in [2.75, 3.05) is 46.8 Å². The average Bonchev–Trinajstić information content (AvgIpc) is 2.62. The first kappa shape index (κ1) is 14.8. The number of hydrogen-bond acceptors (Lipinski definition) is 4. The maximum absolute atomic E-state index is 6.33. The number of likely N-dealkylation sites (N-methyl/N-ethyl adjacent to an activating group) is 2. The summed E-state index contributed by atoms with van der Waals surface area (Å²) >= 11 is 6.33. The molecular weight excluding hydrogens is 262 g/mol. The van der Waals surface area contributed by atoms with Crippen molar-refractivity contribution in [2.24, 2.45) is 7.05 Å². The lowest BCUT2D eigenvalue weighted by molar-refractivity contribution is 0.108. The summed E-state index contributed by atoms with van der Waals surface area (Å²) in [6.45, 7) is 7.24. The van der Waals surface area contributed by atoms with Gasteiger partial charge in [0.15, 0.2) is 5.15 Å². The summed E-state index contributed by atoms with van der Waals surface area (Å²) in [5.41, 5.74) is 1.12. The summed E-state index contributed by atoms with van der Waals surface area (Å²) in [5, 5.41) is 3.92. The Morgan fingerprint density at radius 1 is 1.26 bits per heavy atom. The molecule has 0 aromatic carbocycles. The number of rotatable bonds is 4. The third-order valence-corrected chi connectivity index (χ3v) is 4.29. The van der Waals surface area contributed by atoms with E-state index in [1.54, 1.807) is 0 Å². The molecule has 1 aromatic heterocycles. The largest absolute Gasteiger partial charge is 0.333 e. The molecule has 1 aromatic rings. The first-order valence-electron chi connectivity index (χ1n) is 6.80. The van der Waals surface area contributed by atoms with E-state index in [-0.39, 0.29) is 6.04 Å². The van der Waals surface area contributed by atoms with Crippen molar-refractivity contribution in [2.45, 2.75) is 13.0 Å². The summed E-state index contributed by atoms with van der Waals surface area (Å²) in [6.07, 6.45) is 0. The molecule has 0 bridgehead atoms. The molecule has 2 rings (SSSR count). The van der Waals surface area contributed by atoms with Gasteiger partial charge in [0.05, 0.1) is 11.7 Å². The fraction of sp³-hybridized carbons (Fsp3) is 0.769. The number of hydrogen-bond donors (Lipinski definition) is 1. The monoisotopic (exact) mass is 285 g/mol. The van der Waals surface area contributed by atoms with E-state index in [0.717, 1.165) is 44.2 Å². The van der Waals surface area contributed by atoms with Gasteiger partial charge in [0.2, 0.25) is 0 Å². The van der Waals surface area contributed by atoms with E-state index >= 15 is 0 Å². The van der Waals surface area contributed by atoms with Gasteiger partial charge in [0.1, 0.15) is 5.82 Å². The summed E-state index contributed by atoms with van der Waals surface area (Å²) in [5.74, 6) is 0.968. The van der Waals surface area contributed by atoms with Crippen LogP contribution >= 0.6 is 11.6 Å². The van der Waals surface area contributed by atoms with E-state index in [4.69, 9.17) is 11.6 Å². The van der Waals surface area contributed by atoms with Crippen molar-refractivity contribution >= 4 is 11.6 Å². The van der Waals surface area contributed by atoms with Gasteiger partial charge in [-0.05, 0) is 21.0 Å². The Balaban J connectivity index is 2.24. The standard InChI is InChI=1S/C13H24ClN5/c1-10-16-13(14)12(18(10)4)11(9-15-2)19-7-5-17(3)6-8-19/h11,15H,5-9H2,1-4H3. The van der Waals surface area contributed by atoms with E-state index in [1.807, 2.05) is 21.0 Å². The first-order valence-corrected chi connectivity index (χ1v) is 7.18. The van der Waals surface area contributed by atoms with Crippen LogP contribution in [0.25, 0.3) is 0 Å². The van der Waals surface area contributed by atoms with Crippen molar-refractivity contribution in [1.29, 1.82) is 0 Å². The highest BCUT2D eigenvalue weighted by Gasteiger charge is 2.28. The van der Waals surface area contributed by atoms with Gasteiger partial charge in [-0.1, -0.05) is 11.6 Å². The van der Waals surface area contributed by atoms with Gasteiger partial charge in [0, 0.05) is 39.8 Å². The van der Waals surface area contributed by atoms with E-state index in [2.05, 4.69) is 31.7 Å². The molecular formula is C13H24ClN5. The zero-order valence-electron chi connectivity index (χ0n) is 12.3.